The number of rotatable bonds is 0. The van der Waals surface area contributed by atoms with Gasteiger partial charge in [0.25, 0.3) is 34.1 Å². The number of halogens is 18. The molecule has 0 aliphatic heterocycles. The van der Waals surface area contributed by atoms with Crippen LogP contribution in [-0.4, -0.2) is 0 Å². The third-order valence-corrected chi connectivity index (χ3v) is 6.56. The second kappa shape index (κ2) is 27.8. The first kappa shape index (κ1) is 58.7. The Kier molecular flexibility index (Phi) is 24.3. The topological polar surface area (TPSA) is 26.2 Å². The van der Waals surface area contributed by atoms with Gasteiger partial charge in [-0.25, -0.2) is 108 Å². The predicted octanol–water partition coefficient (Wildman–Crippen LogP) is 15.9. The van der Waals surface area contributed by atoms with Gasteiger partial charge in [-0.05, 0) is 72.8 Å². The van der Waals surface area contributed by atoms with Crippen molar-refractivity contribution in [3.63, 3.8) is 0 Å². The molecule has 6 nitrogen and oxygen atoms in total. The smallest absolute Gasteiger partial charge is 0.232 e. The summed E-state index contributed by atoms with van der Waals surface area (Å²) in [6.45, 7) is 37.9. The molecule has 0 aliphatic carbocycles. The van der Waals surface area contributed by atoms with Crippen LogP contribution < -0.4 is 0 Å². The third kappa shape index (κ3) is 18.0. The van der Waals surface area contributed by atoms with Gasteiger partial charge in [-0.3, -0.25) is 0 Å². The molecule has 0 amide bonds. The Bertz CT molecular complexity index is 2350. The second-order valence-electron chi connectivity index (χ2n) is 11.0. The third-order valence-electron chi connectivity index (χ3n) is 6.56. The largest absolute Gasteiger partial charge is 0.257 e. The summed E-state index contributed by atoms with van der Waals surface area (Å²) in [5, 5.41) is 0. The van der Waals surface area contributed by atoms with Crippen LogP contribution in [0.25, 0.3) is 29.1 Å². The second-order valence-corrected chi connectivity index (χ2v) is 11.0. The molecular weight excluding hydrogens is 1030 g/mol. The molecule has 0 heterocycles. The summed E-state index contributed by atoms with van der Waals surface area (Å²) in [6, 6.07) is 5.62. The minimum atomic E-state index is -1.17. The molecule has 0 bridgehead atoms. The van der Waals surface area contributed by atoms with Crippen LogP contribution in [0.4, 0.5) is 113 Å². The quantitative estimate of drug-likeness (QED) is 0.0823. The summed E-state index contributed by atoms with van der Waals surface area (Å²) < 4.78 is 222. The molecule has 6 aromatic carbocycles. The van der Waals surface area contributed by atoms with Crippen LogP contribution in [0, 0.1) is 144 Å². The molecule has 0 fully saturated rings. The van der Waals surface area contributed by atoms with Gasteiger partial charge in [0.1, 0.15) is 105 Å². The minimum Gasteiger partial charge on any atom is -0.232 e. The van der Waals surface area contributed by atoms with Crippen LogP contribution in [0.15, 0.2) is 72.8 Å². The predicted molar refractivity (Wildman–Crippen MR) is 195 cm³/mol. The van der Waals surface area contributed by atoms with Gasteiger partial charge < -0.3 is 0 Å². The Hall–Kier alpha value is -8.31. The van der Waals surface area contributed by atoms with Crippen molar-refractivity contribution in [2.24, 2.45) is 0 Å². The summed E-state index contributed by atoms with van der Waals surface area (Å²) in [7, 11) is 0. The van der Waals surface area contributed by atoms with Crippen molar-refractivity contribution in [1.29, 1.82) is 0 Å². The van der Waals surface area contributed by atoms with E-state index in [1.165, 1.54) is 0 Å². The van der Waals surface area contributed by atoms with E-state index in [0.717, 1.165) is 0 Å². The van der Waals surface area contributed by atoms with E-state index in [2.05, 4.69) is 29.1 Å². The molecular formula is C42H12F18MoN6. The molecule has 0 spiro atoms. The van der Waals surface area contributed by atoms with Gasteiger partial charge in [0, 0.05) is 21.1 Å². The molecule has 342 valence electrons. The standard InChI is InChI=1S/6C7H2F3N.Mo/c6*1-11-7-5(9)2-4(8)3-6(7)10;/h6*2-3H;. The Morgan fingerprint density at radius 1 is 0.194 bits per heavy atom. The van der Waals surface area contributed by atoms with E-state index < -0.39 is 139 Å². The zero-order valence-electron chi connectivity index (χ0n) is 31.8. The summed E-state index contributed by atoms with van der Waals surface area (Å²) >= 11 is 0. The molecule has 6 rings (SSSR count). The van der Waals surface area contributed by atoms with Gasteiger partial charge in [0.2, 0.25) is 0 Å². The maximum Gasteiger partial charge on any atom is 0.257 e. The maximum absolute atomic E-state index is 12.4. The molecule has 67 heavy (non-hydrogen) atoms. The Labute approximate surface area is 379 Å². The fourth-order valence-electron chi connectivity index (χ4n) is 3.85. The van der Waals surface area contributed by atoms with Gasteiger partial charge in [-0.15, -0.1) is 0 Å². The molecule has 0 radical (unpaired) electrons. The molecule has 0 N–H and O–H groups in total. The SMILES string of the molecule is [C-]#[N+]c1c(F)cc(F)cc1F.[C-]#[N+]c1c(F)cc(F)cc1F.[C-]#[N+]c1c(F)cc(F)cc1F.[C-]#[N+]c1c(F)cc(F)cc1F.[C-]#[N+]c1c(F)cc(F)cc1F.[C-]#[N+]c1c(F)cc(F)cc1F.[Mo]. The minimum absolute atomic E-state index is 0. The van der Waals surface area contributed by atoms with Crippen LogP contribution in [-0.2, 0) is 21.1 Å². The summed E-state index contributed by atoms with van der Waals surface area (Å²) in [4.78, 5) is 15.3. The van der Waals surface area contributed by atoms with Gasteiger partial charge in [-0.2, -0.15) is 0 Å². The Morgan fingerprint density at radius 2 is 0.269 bits per heavy atom. The fourth-order valence-corrected chi connectivity index (χ4v) is 3.85. The van der Waals surface area contributed by atoms with Crippen LogP contribution in [0.3, 0.4) is 0 Å². The molecule has 6 aromatic rings. The van der Waals surface area contributed by atoms with Crippen LogP contribution in [0.1, 0.15) is 0 Å². The van der Waals surface area contributed by atoms with Crippen molar-refractivity contribution >= 4 is 34.1 Å². The monoisotopic (exact) mass is 1040 g/mol. The zero-order chi connectivity index (χ0) is 50.6. The van der Waals surface area contributed by atoms with E-state index in [9.17, 15) is 79.0 Å². The summed E-state index contributed by atoms with van der Waals surface area (Å²) in [6.07, 6.45) is 0. The van der Waals surface area contributed by atoms with Crippen molar-refractivity contribution in [3.05, 3.63) is 246 Å². The van der Waals surface area contributed by atoms with E-state index in [4.69, 9.17) is 39.4 Å². The van der Waals surface area contributed by atoms with E-state index >= 15 is 0 Å². The van der Waals surface area contributed by atoms with Crippen LogP contribution in [0.2, 0.25) is 0 Å². The van der Waals surface area contributed by atoms with E-state index in [0.29, 0.717) is 72.8 Å². The van der Waals surface area contributed by atoms with Gasteiger partial charge in [-0.1, -0.05) is 0 Å². The van der Waals surface area contributed by atoms with E-state index in [1.807, 2.05) is 0 Å². The van der Waals surface area contributed by atoms with Gasteiger partial charge in [0.05, 0.1) is 39.4 Å². The molecule has 25 heteroatoms. The average molecular weight is 1040 g/mol. The maximum atomic E-state index is 12.4. The van der Waals surface area contributed by atoms with Crippen molar-refractivity contribution in [3.8, 4) is 0 Å². The fraction of sp³-hybridized carbons (Fsp3) is 0. The number of hydrogen-bond donors (Lipinski definition) is 0. The number of nitrogens with zero attached hydrogens (tertiary/aromatic N) is 6. The van der Waals surface area contributed by atoms with Crippen molar-refractivity contribution in [2.45, 2.75) is 0 Å². The zero-order valence-corrected chi connectivity index (χ0v) is 33.8. The van der Waals surface area contributed by atoms with E-state index in [1.54, 1.807) is 0 Å². The number of hydrogen-bond acceptors (Lipinski definition) is 0. The van der Waals surface area contributed by atoms with Crippen molar-refractivity contribution < 1.29 is 100 Å². The number of benzene rings is 6. The molecule has 0 aliphatic rings. The van der Waals surface area contributed by atoms with Gasteiger partial charge >= 0.3 is 0 Å². The normalized spacial score (nSPS) is 9.13. The first-order valence-corrected chi connectivity index (χ1v) is 16.0. The summed E-state index contributed by atoms with van der Waals surface area (Å²) in [5.41, 5.74) is -4.63. The first-order chi connectivity index (χ1) is 30.9. The van der Waals surface area contributed by atoms with E-state index in [-0.39, 0.29) is 21.1 Å². The molecule has 0 saturated heterocycles. The molecule has 0 saturated carbocycles. The molecule has 0 atom stereocenters. The first-order valence-electron chi connectivity index (χ1n) is 16.0. The van der Waals surface area contributed by atoms with Gasteiger partial charge in [0.15, 0.2) is 0 Å². The average Bonchev–Trinajstić information content (AvgIpc) is 3.18. The summed E-state index contributed by atoms with van der Waals surface area (Å²) in [5.74, 6) is -20.2. The molecule has 0 aromatic heterocycles. The van der Waals surface area contributed by atoms with Crippen LogP contribution in [0.5, 0.6) is 0 Å². The Balaban J connectivity index is 0.000000778. The van der Waals surface area contributed by atoms with Crippen molar-refractivity contribution in [2.75, 3.05) is 0 Å². The van der Waals surface area contributed by atoms with Crippen LogP contribution >= 0.6 is 0 Å². The Morgan fingerprint density at radius 3 is 0.328 bits per heavy atom. The van der Waals surface area contributed by atoms with Crippen molar-refractivity contribution in [1.82, 2.24) is 0 Å². The molecule has 0 unspecified atom stereocenters.